The number of rotatable bonds is 7. The average molecular weight is 178 g/mol. The van der Waals surface area contributed by atoms with Crippen LogP contribution in [0.2, 0.25) is 0 Å². The third kappa shape index (κ3) is 5.49. The molecule has 2 atom stereocenters. The maximum absolute atomic E-state index is 8.47. The average Bonchev–Trinajstić information content (AvgIpc) is 2.10. The van der Waals surface area contributed by atoms with E-state index >= 15 is 0 Å². The zero-order valence-electron chi connectivity index (χ0n) is 7.69. The van der Waals surface area contributed by atoms with Gasteiger partial charge in [0.2, 0.25) is 0 Å². The summed E-state index contributed by atoms with van der Waals surface area (Å²) in [6.07, 6.45) is -0.104. The van der Waals surface area contributed by atoms with Gasteiger partial charge in [0.25, 0.3) is 0 Å². The number of aliphatic hydroxyl groups excluding tert-OH is 2. The molecule has 0 fully saturated rings. The fourth-order valence-electron chi connectivity index (χ4n) is 0.748. The second kappa shape index (κ2) is 7.49. The first-order valence-electron chi connectivity index (χ1n) is 4.17. The molecule has 2 N–H and O–H groups in total. The van der Waals surface area contributed by atoms with Gasteiger partial charge in [0.15, 0.2) is 0 Å². The molecule has 0 aliphatic carbocycles. The zero-order valence-corrected chi connectivity index (χ0v) is 7.69. The summed E-state index contributed by atoms with van der Waals surface area (Å²) >= 11 is 0. The monoisotopic (exact) mass is 178 g/mol. The first kappa shape index (κ1) is 11.8. The standard InChI is InChI=1S/C8H18O4/c1-7(11-5-3-9)8(2)12-6-4-10/h7-10H,3-6H2,1-2H3. The predicted octanol–water partition coefficient (Wildman–Crippen LogP) is -0.219. The number of ether oxygens (including phenoxy) is 2. The Bertz CT molecular complexity index is 85.1. The van der Waals surface area contributed by atoms with E-state index in [1.807, 2.05) is 13.8 Å². The van der Waals surface area contributed by atoms with Crippen LogP contribution in [0.25, 0.3) is 0 Å². The van der Waals surface area contributed by atoms with E-state index in [1.165, 1.54) is 0 Å². The number of aliphatic hydroxyl groups is 2. The SMILES string of the molecule is CC(OCCO)C(C)OCCO. The van der Waals surface area contributed by atoms with Gasteiger partial charge in [-0.1, -0.05) is 0 Å². The Morgan fingerprint density at radius 2 is 1.25 bits per heavy atom. The van der Waals surface area contributed by atoms with Crippen molar-refractivity contribution in [2.75, 3.05) is 26.4 Å². The molecule has 0 amide bonds. The smallest absolute Gasteiger partial charge is 0.0807 e. The highest BCUT2D eigenvalue weighted by Crippen LogP contribution is 2.02. The summed E-state index contributed by atoms with van der Waals surface area (Å²) in [5.41, 5.74) is 0. The van der Waals surface area contributed by atoms with Gasteiger partial charge in [-0.2, -0.15) is 0 Å². The molecule has 0 saturated carbocycles. The van der Waals surface area contributed by atoms with Gasteiger partial charge in [0.1, 0.15) is 0 Å². The molecular formula is C8H18O4. The molecule has 0 bridgehead atoms. The summed E-state index contributed by atoms with van der Waals surface area (Å²) in [4.78, 5) is 0. The van der Waals surface area contributed by atoms with Crippen molar-refractivity contribution in [2.45, 2.75) is 26.1 Å². The molecule has 0 saturated heterocycles. The third-order valence-electron chi connectivity index (χ3n) is 1.61. The maximum Gasteiger partial charge on any atom is 0.0807 e. The molecule has 0 rings (SSSR count). The van der Waals surface area contributed by atoms with Crippen LogP contribution in [-0.4, -0.2) is 48.8 Å². The van der Waals surface area contributed by atoms with E-state index in [2.05, 4.69) is 0 Å². The summed E-state index contributed by atoms with van der Waals surface area (Å²) < 4.78 is 10.4. The quantitative estimate of drug-likeness (QED) is 0.566. The molecule has 0 radical (unpaired) electrons. The molecule has 0 aliphatic rings. The lowest BCUT2D eigenvalue weighted by Crippen LogP contribution is -2.28. The fourth-order valence-corrected chi connectivity index (χ4v) is 0.748. The van der Waals surface area contributed by atoms with Crippen molar-refractivity contribution < 1.29 is 19.7 Å². The molecule has 0 aromatic carbocycles. The highest BCUT2D eigenvalue weighted by Gasteiger charge is 2.11. The predicted molar refractivity (Wildman–Crippen MR) is 45.0 cm³/mol. The van der Waals surface area contributed by atoms with Gasteiger partial charge in [-0.25, -0.2) is 0 Å². The Kier molecular flexibility index (Phi) is 7.39. The zero-order chi connectivity index (χ0) is 9.40. The Balaban J connectivity index is 3.39. The molecule has 2 unspecified atom stereocenters. The van der Waals surface area contributed by atoms with E-state index in [9.17, 15) is 0 Å². The van der Waals surface area contributed by atoms with E-state index in [-0.39, 0.29) is 25.4 Å². The van der Waals surface area contributed by atoms with Gasteiger partial charge in [0, 0.05) is 0 Å². The van der Waals surface area contributed by atoms with Gasteiger partial charge < -0.3 is 19.7 Å². The first-order valence-corrected chi connectivity index (χ1v) is 4.17. The minimum absolute atomic E-state index is 0.0249. The van der Waals surface area contributed by atoms with Crippen LogP contribution in [0.5, 0.6) is 0 Å². The van der Waals surface area contributed by atoms with Crippen molar-refractivity contribution >= 4 is 0 Å². The molecule has 74 valence electrons. The molecule has 0 heterocycles. The summed E-state index contributed by atoms with van der Waals surface area (Å²) in [6, 6.07) is 0. The van der Waals surface area contributed by atoms with Crippen molar-refractivity contribution in [1.29, 1.82) is 0 Å². The van der Waals surface area contributed by atoms with Gasteiger partial charge in [-0.3, -0.25) is 0 Å². The molecule has 0 spiro atoms. The molecule has 12 heavy (non-hydrogen) atoms. The highest BCUT2D eigenvalue weighted by atomic mass is 16.5. The van der Waals surface area contributed by atoms with Crippen LogP contribution in [0.4, 0.5) is 0 Å². The lowest BCUT2D eigenvalue weighted by atomic mass is 10.2. The van der Waals surface area contributed by atoms with Gasteiger partial charge in [0.05, 0.1) is 38.6 Å². The van der Waals surface area contributed by atoms with E-state index in [0.29, 0.717) is 13.2 Å². The Hall–Kier alpha value is -0.160. The van der Waals surface area contributed by atoms with E-state index < -0.39 is 0 Å². The Morgan fingerprint density at radius 1 is 0.917 bits per heavy atom. The second-order valence-electron chi connectivity index (χ2n) is 2.60. The van der Waals surface area contributed by atoms with E-state index in [1.54, 1.807) is 0 Å². The summed E-state index contributed by atoms with van der Waals surface area (Å²) in [7, 11) is 0. The molecule has 4 nitrogen and oxygen atoms in total. The van der Waals surface area contributed by atoms with Crippen molar-refractivity contribution in [3.05, 3.63) is 0 Å². The van der Waals surface area contributed by atoms with Crippen LogP contribution in [0.1, 0.15) is 13.8 Å². The molecule has 0 aromatic rings. The lowest BCUT2D eigenvalue weighted by molar-refractivity contribution is -0.0693. The van der Waals surface area contributed by atoms with Crippen LogP contribution < -0.4 is 0 Å². The fraction of sp³-hybridized carbons (Fsp3) is 1.00. The molecule has 0 aromatic heterocycles. The van der Waals surface area contributed by atoms with Crippen LogP contribution >= 0.6 is 0 Å². The Morgan fingerprint density at radius 3 is 1.50 bits per heavy atom. The van der Waals surface area contributed by atoms with Crippen molar-refractivity contribution in [1.82, 2.24) is 0 Å². The van der Waals surface area contributed by atoms with Gasteiger partial charge >= 0.3 is 0 Å². The van der Waals surface area contributed by atoms with Crippen molar-refractivity contribution in [3.63, 3.8) is 0 Å². The van der Waals surface area contributed by atoms with Gasteiger partial charge in [-0.15, -0.1) is 0 Å². The van der Waals surface area contributed by atoms with E-state index in [4.69, 9.17) is 19.7 Å². The van der Waals surface area contributed by atoms with Crippen LogP contribution in [0, 0.1) is 0 Å². The minimum Gasteiger partial charge on any atom is -0.394 e. The summed E-state index contributed by atoms with van der Waals surface area (Å²) in [6.45, 7) is 4.45. The topological polar surface area (TPSA) is 58.9 Å². The summed E-state index contributed by atoms with van der Waals surface area (Å²) in [5.74, 6) is 0. The Labute approximate surface area is 73.1 Å². The number of hydrogen-bond donors (Lipinski definition) is 2. The van der Waals surface area contributed by atoms with Crippen molar-refractivity contribution in [2.24, 2.45) is 0 Å². The first-order chi connectivity index (χ1) is 5.72. The minimum atomic E-state index is -0.0521. The normalized spacial score (nSPS) is 16.0. The lowest BCUT2D eigenvalue weighted by Gasteiger charge is -2.20. The molecule has 0 aliphatic heterocycles. The third-order valence-corrected chi connectivity index (χ3v) is 1.61. The van der Waals surface area contributed by atoms with Crippen LogP contribution in [-0.2, 0) is 9.47 Å². The molecular weight excluding hydrogens is 160 g/mol. The van der Waals surface area contributed by atoms with E-state index in [0.717, 1.165) is 0 Å². The van der Waals surface area contributed by atoms with Crippen molar-refractivity contribution in [3.8, 4) is 0 Å². The second-order valence-corrected chi connectivity index (χ2v) is 2.60. The summed E-state index contributed by atoms with van der Waals surface area (Å²) in [5, 5.41) is 16.9. The molecule has 4 heteroatoms. The number of hydrogen-bond acceptors (Lipinski definition) is 4. The maximum atomic E-state index is 8.47. The largest absolute Gasteiger partial charge is 0.394 e. The van der Waals surface area contributed by atoms with Crippen LogP contribution in [0.3, 0.4) is 0 Å². The van der Waals surface area contributed by atoms with Gasteiger partial charge in [-0.05, 0) is 13.8 Å². The highest BCUT2D eigenvalue weighted by molar-refractivity contribution is 4.59. The van der Waals surface area contributed by atoms with Crippen LogP contribution in [0.15, 0.2) is 0 Å².